The average molecular weight is 524 g/mol. The smallest absolute Gasteiger partial charge is 0.432 e. The molecule has 1 saturated heterocycles. The maximum absolute atomic E-state index is 11.5. The van der Waals surface area contributed by atoms with Crippen molar-refractivity contribution in [3.05, 3.63) is 12.3 Å². The number of carbonyl (C=O) groups excluding carboxylic acids is 4. The lowest BCUT2D eigenvalue weighted by molar-refractivity contribution is -0.121. The van der Waals surface area contributed by atoms with E-state index in [-0.39, 0.29) is 31.1 Å². The maximum Gasteiger partial charge on any atom is 0.510 e. The summed E-state index contributed by atoms with van der Waals surface area (Å²) >= 11 is 0. The minimum absolute atomic E-state index is 0.0677. The Balaban J connectivity index is 2.50. The number of nitrogens with one attached hydrogen (secondary N) is 1. The van der Waals surface area contributed by atoms with Crippen molar-refractivity contribution in [3.63, 3.8) is 0 Å². The molecule has 200 valence electrons. The molecule has 0 spiro atoms. The Hall–Kier alpha value is -2.51. The quantitative estimate of drug-likeness (QED) is 0.110. The van der Waals surface area contributed by atoms with Crippen LogP contribution in [0.15, 0.2) is 12.3 Å². The molecule has 0 bridgehead atoms. The van der Waals surface area contributed by atoms with Gasteiger partial charge in [0.05, 0.1) is 24.9 Å². The number of hydrogen-bond acceptors (Lipinski definition) is 13. The second-order valence-electron chi connectivity index (χ2n) is 7.53. The number of carbonyl (C=O) groups is 4. The fourth-order valence-electron chi connectivity index (χ4n) is 2.44. The summed E-state index contributed by atoms with van der Waals surface area (Å²) in [6.07, 6.45) is 1.07. The van der Waals surface area contributed by atoms with Crippen LogP contribution in [0.4, 0.5) is 9.59 Å². The standard InChI is InChI=1S/C20H33N2O12P/c1-14(2)32-19(25)27-12-30-35(31-13-28-20(26)33-15(3)4)29-10-16-6-7-18(34-16)22(5)9-8-17(24)21-11-23/h8-9,11,14-16,18H,6-7,10,12-13H2,1-5H3,(H,21,23,24)/b9-8-/t16-,18+/m0/s1. The second kappa shape index (κ2) is 17.0. The molecule has 0 aromatic carbocycles. The van der Waals surface area contributed by atoms with E-state index in [1.54, 1.807) is 39.6 Å². The number of hydrogen-bond donors (Lipinski definition) is 1. The highest BCUT2D eigenvalue weighted by Crippen LogP contribution is 2.40. The molecule has 1 fully saturated rings. The van der Waals surface area contributed by atoms with Crippen molar-refractivity contribution < 1.29 is 56.4 Å². The number of amides is 2. The molecule has 1 heterocycles. The molecule has 1 N–H and O–H groups in total. The van der Waals surface area contributed by atoms with Crippen LogP contribution in [0, 0.1) is 0 Å². The number of nitrogens with zero attached hydrogens (tertiary/aromatic N) is 1. The summed E-state index contributed by atoms with van der Waals surface area (Å²) in [6.45, 7) is 5.69. The molecule has 0 aliphatic carbocycles. The third kappa shape index (κ3) is 14.5. The summed E-state index contributed by atoms with van der Waals surface area (Å²) in [5, 5.41) is 2.00. The summed E-state index contributed by atoms with van der Waals surface area (Å²) in [7, 11) is -0.366. The summed E-state index contributed by atoms with van der Waals surface area (Å²) in [5.74, 6) is -0.552. The fraction of sp³-hybridized carbons (Fsp3) is 0.700. The van der Waals surface area contributed by atoms with Gasteiger partial charge in [-0.15, -0.1) is 0 Å². The zero-order valence-corrected chi connectivity index (χ0v) is 21.3. The van der Waals surface area contributed by atoms with Gasteiger partial charge in [0, 0.05) is 19.3 Å². The molecule has 14 nitrogen and oxygen atoms in total. The van der Waals surface area contributed by atoms with Gasteiger partial charge in [-0.05, 0) is 40.5 Å². The van der Waals surface area contributed by atoms with E-state index in [0.29, 0.717) is 19.3 Å². The summed E-state index contributed by atoms with van der Waals surface area (Å²) < 4.78 is 41.3. The van der Waals surface area contributed by atoms with Gasteiger partial charge in [0.15, 0.2) is 0 Å². The topological polar surface area (TPSA) is 157 Å². The van der Waals surface area contributed by atoms with E-state index < -0.39 is 40.4 Å². The third-order valence-electron chi connectivity index (χ3n) is 3.90. The minimum Gasteiger partial charge on any atom is -0.432 e. The molecule has 0 aromatic rings. The van der Waals surface area contributed by atoms with Gasteiger partial charge in [-0.2, -0.15) is 0 Å². The molecule has 1 aliphatic rings. The highest BCUT2D eigenvalue weighted by Gasteiger charge is 2.29. The van der Waals surface area contributed by atoms with Gasteiger partial charge in [0.25, 0.3) is 5.91 Å². The third-order valence-corrected chi connectivity index (χ3v) is 4.89. The SMILES string of the molecule is CC(C)OC(=O)OCOP(OCOC(=O)OC(C)C)OC[C@@H]1CC[C@H](N(C)/C=C\C(=O)NC=O)O1. The van der Waals surface area contributed by atoms with Crippen LogP contribution in [0.5, 0.6) is 0 Å². The first kappa shape index (κ1) is 30.5. The van der Waals surface area contributed by atoms with Crippen LogP contribution in [-0.2, 0) is 46.8 Å². The Bertz CT molecular complexity index is 678. The predicted molar refractivity (Wildman–Crippen MR) is 119 cm³/mol. The Labute approximate surface area is 205 Å². The highest BCUT2D eigenvalue weighted by atomic mass is 31.2. The van der Waals surface area contributed by atoms with E-state index in [4.69, 9.17) is 37.3 Å². The van der Waals surface area contributed by atoms with Gasteiger partial charge in [-0.3, -0.25) is 24.0 Å². The van der Waals surface area contributed by atoms with E-state index in [1.165, 1.54) is 12.3 Å². The van der Waals surface area contributed by atoms with E-state index in [9.17, 15) is 19.2 Å². The van der Waals surface area contributed by atoms with E-state index in [1.807, 2.05) is 5.32 Å². The molecule has 2 atom stereocenters. The van der Waals surface area contributed by atoms with Crippen LogP contribution in [-0.4, -0.2) is 81.3 Å². The molecule has 0 unspecified atom stereocenters. The average Bonchev–Trinajstić information content (AvgIpc) is 3.23. The van der Waals surface area contributed by atoms with Gasteiger partial charge < -0.3 is 33.1 Å². The fourth-order valence-corrected chi connectivity index (χ4v) is 3.23. The maximum atomic E-state index is 11.5. The first-order chi connectivity index (χ1) is 16.6. The zero-order chi connectivity index (χ0) is 26.2. The van der Waals surface area contributed by atoms with Gasteiger partial charge in [0.2, 0.25) is 20.0 Å². The molecular formula is C20H33N2O12P. The Morgan fingerprint density at radius 2 is 1.57 bits per heavy atom. The van der Waals surface area contributed by atoms with Crippen molar-refractivity contribution in [1.29, 1.82) is 0 Å². The largest absolute Gasteiger partial charge is 0.510 e. The van der Waals surface area contributed by atoms with Crippen molar-refractivity contribution >= 4 is 33.2 Å². The molecule has 1 aliphatic heterocycles. The van der Waals surface area contributed by atoms with Crippen LogP contribution in [0.1, 0.15) is 40.5 Å². The van der Waals surface area contributed by atoms with Crippen LogP contribution < -0.4 is 5.32 Å². The highest BCUT2D eigenvalue weighted by molar-refractivity contribution is 7.41. The molecule has 0 saturated carbocycles. The van der Waals surface area contributed by atoms with Crippen molar-refractivity contribution in [2.24, 2.45) is 0 Å². The Kier molecular flexibility index (Phi) is 14.8. The van der Waals surface area contributed by atoms with Crippen molar-refractivity contribution in [2.45, 2.75) is 65.1 Å². The van der Waals surface area contributed by atoms with E-state index in [0.717, 1.165) is 0 Å². The van der Waals surface area contributed by atoms with Gasteiger partial charge in [0.1, 0.15) is 6.23 Å². The Morgan fingerprint density at radius 3 is 2.09 bits per heavy atom. The summed E-state index contributed by atoms with van der Waals surface area (Å²) in [4.78, 5) is 46.3. The first-order valence-corrected chi connectivity index (χ1v) is 11.9. The first-order valence-electron chi connectivity index (χ1n) is 10.8. The lowest BCUT2D eigenvalue weighted by atomic mass is 10.2. The molecule has 1 rings (SSSR count). The van der Waals surface area contributed by atoms with Gasteiger partial charge in [-0.1, -0.05) is 0 Å². The van der Waals surface area contributed by atoms with Crippen LogP contribution in [0.25, 0.3) is 0 Å². The predicted octanol–water partition coefficient (Wildman–Crippen LogP) is 2.52. The number of ether oxygens (including phenoxy) is 5. The lowest BCUT2D eigenvalue weighted by Crippen LogP contribution is -2.29. The molecule has 0 aromatic heterocycles. The van der Waals surface area contributed by atoms with Crippen LogP contribution >= 0.6 is 8.60 Å². The minimum atomic E-state index is -2.09. The van der Waals surface area contributed by atoms with Crippen molar-refractivity contribution in [3.8, 4) is 0 Å². The molecule has 0 radical (unpaired) electrons. The molecule has 35 heavy (non-hydrogen) atoms. The lowest BCUT2D eigenvalue weighted by Gasteiger charge is -2.23. The normalized spacial score (nSPS) is 17.6. The van der Waals surface area contributed by atoms with Gasteiger partial charge >= 0.3 is 20.9 Å². The van der Waals surface area contributed by atoms with Crippen LogP contribution in [0.3, 0.4) is 0 Å². The number of rotatable bonds is 15. The van der Waals surface area contributed by atoms with Crippen molar-refractivity contribution in [1.82, 2.24) is 10.2 Å². The molecular weight excluding hydrogens is 491 g/mol. The zero-order valence-electron chi connectivity index (χ0n) is 20.4. The van der Waals surface area contributed by atoms with Gasteiger partial charge in [-0.25, -0.2) is 9.59 Å². The van der Waals surface area contributed by atoms with Crippen LogP contribution in [0.2, 0.25) is 0 Å². The molecule has 15 heteroatoms. The summed E-state index contributed by atoms with van der Waals surface area (Å²) in [6, 6.07) is 0. The molecule has 2 amide bonds. The Morgan fingerprint density at radius 1 is 1.00 bits per heavy atom. The summed E-state index contributed by atoms with van der Waals surface area (Å²) in [5.41, 5.74) is 0. The second-order valence-corrected chi connectivity index (χ2v) is 8.75. The van der Waals surface area contributed by atoms with E-state index >= 15 is 0 Å². The monoisotopic (exact) mass is 524 g/mol. The number of imide groups is 1. The van der Waals surface area contributed by atoms with E-state index in [2.05, 4.69) is 0 Å². The van der Waals surface area contributed by atoms with Crippen molar-refractivity contribution in [2.75, 3.05) is 27.2 Å².